The summed E-state index contributed by atoms with van der Waals surface area (Å²) in [7, 11) is 0. The van der Waals surface area contributed by atoms with E-state index in [-0.39, 0.29) is 5.91 Å². The van der Waals surface area contributed by atoms with Crippen LogP contribution in [0.5, 0.6) is 0 Å². The lowest BCUT2D eigenvalue weighted by atomic mass is 10.0. The molecule has 0 radical (unpaired) electrons. The average molecular weight is 326 g/mol. The van der Waals surface area contributed by atoms with Crippen molar-refractivity contribution >= 4 is 11.9 Å². The summed E-state index contributed by atoms with van der Waals surface area (Å²) >= 11 is 0. The zero-order valence-corrected chi connectivity index (χ0v) is 14.3. The van der Waals surface area contributed by atoms with Crippen LogP contribution in [-0.4, -0.2) is 47.0 Å². The minimum Gasteiger partial charge on any atom is -0.459 e. The third-order valence-electron chi connectivity index (χ3n) is 5.08. The van der Waals surface area contributed by atoms with Crippen LogP contribution in [0.3, 0.4) is 0 Å². The van der Waals surface area contributed by atoms with Crippen molar-refractivity contribution in [3.05, 3.63) is 41.1 Å². The molecule has 2 unspecified atom stereocenters. The van der Waals surface area contributed by atoms with E-state index in [0.717, 1.165) is 49.1 Å². The van der Waals surface area contributed by atoms with Gasteiger partial charge in [-0.15, -0.1) is 0 Å². The molecule has 2 aromatic heterocycles. The monoisotopic (exact) mass is 326 g/mol. The number of hydrogen-bond acceptors (Lipinski definition) is 5. The molecule has 126 valence electrons. The van der Waals surface area contributed by atoms with Crippen LogP contribution in [0, 0.1) is 32.6 Å². The predicted molar refractivity (Wildman–Crippen MR) is 90.0 cm³/mol. The molecule has 2 aromatic rings. The van der Waals surface area contributed by atoms with Crippen LogP contribution in [0.25, 0.3) is 0 Å². The summed E-state index contributed by atoms with van der Waals surface area (Å²) in [5.41, 5.74) is 2.90. The molecule has 2 aliphatic rings. The number of amides is 1. The lowest BCUT2D eigenvalue weighted by Gasteiger charge is -2.21. The summed E-state index contributed by atoms with van der Waals surface area (Å²) in [6, 6.07) is 3.83. The minimum absolute atomic E-state index is 0.0149. The first kappa shape index (κ1) is 15.2. The van der Waals surface area contributed by atoms with Gasteiger partial charge in [-0.1, -0.05) is 0 Å². The zero-order chi connectivity index (χ0) is 16.8. The Hall–Kier alpha value is -2.37. The number of carbonyl (C=O) groups excluding carboxylic acids is 1. The summed E-state index contributed by atoms with van der Waals surface area (Å²) in [4.78, 5) is 25.9. The molecule has 0 saturated carbocycles. The molecule has 0 aromatic carbocycles. The van der Waals surface area contributed by atoms with Gasteiger partial charge < -0.3 is 14.2 Å². The highest BCUT2D eigenvalue weighted by atomic mass is 16.3. The van der Waals surface area contributed by atoms with Crippen LogP contribution in [-0.2, 0) is 0 Å². The molecule has 2 atom stereocenters. The van der Waals surface area contributed by atoms with Crippen LogP contribution in [0.2, 0.25) is 0 Å². The predicted octanol–water partition coefficient (Wildman–Crippen LogP) is 2.20. The number of carbonyl (C=O) groups is 1. The summed E-state index contributed by atoms with van der Waals surface area (Å²) < 4.78 is 5.36. The van der Waals surface area contributed by atoms with Gasteiger partial charge in [-0.25, -0.2) is 9.97 Å². The quantitative estimate of drug-likeness (QED) is 0.847. The number of furan rings is 1. The van der Waals surface area contributed by atoms with Crippen LogP contribution in [0.15, 0.2) is 22.8 Å². The molecular weight excluding hydrogens is 304 g/mol. The Kier molecular flexibility index (Phi) is 3.55. The van der Waals surface area contributed by atoms with Gasteiger partial charge in [0.2, 0.25) is 5.95 Å². The highest BCUT2D eigenvalue weighted by molar-refractivity contribution is 5.93. The van der Waals surface area contributed by atoms with E-state index in [0.29, 0.717) is 17.6 Å². The third-order valence-corrected chi connectivity index (χ3v) is 5.08. The molecule has 6 heteroatoms. The maximum Gasteiger partial charge on any atom is 0.289 e. The summed E-state index contributed by atoms with van der Waals surface area (Å²) in [6.07, 6.45) is 1.58. The van der Waals surface area contributed by atoms with Crippen LogP contribution in [0.1, 0.15) is 27.5 Å². The van der Waals surface area contributed by atoms with E-state index >= 15 is 0 Å². The Balaban J connectivity index is 1.45. The van der Waals surface area contributed by atoms with Crippen molar-refractivity contribution in [2.75, 3.05) is 31.1 Å². The molecular formula is C18H22N4O2. The number of nitrogens with zero attached hydrogens (tertiary/aromatic N) is 4. The molecule has 0 aliphatic carbocycles. The normalized spacial score (nSPS) is 23.0. The van der Waals surface area contributed by atoms with E-state index in [4.69, 9.17) is 4.42 Å². The topological polar surface area (TPSA) is 62.5 Å². The number of aromatic nitrogens is 2. The number of rotatable bonds is 2. The van der Waals surface area contributed by atoms with E-state index in [1.165, 1.54) is 0 Å². The molecule has 24 heavy (non-hydrogen) atoms. The van der Waals surface area contributed by atoms with E-state index < -0.39 is 0 Å². The van der Waals surface area contributed by atoms with Crippen molar-refractivity contribution in [1.82, 2.24) is 14.9 Å². The van der Waals surface area contributed by atoms with Crippen molar-refractivity contribution in [2.45, 2.75) is 20.8 Å². The van der Waals surface area contributed by atoms with Gasteiger partial charge in [0.1, 0.15) is 0 Å². The second-order valence-electron chi connectivity index (χ2n) is 7.02. The summed E-state index contributed by atoms with van der Waals surface area (Å²) in [5.74, 6) is 2.27. The molecule has 2 fully saturated rings. The molecule has 6 nitrogen and oxygen atoms in total. The second kappa shape index (κ2) is 5.61. The molecule has 2 aliphatic heterocycles. The molecule has 0 bridgehead atoms. The Labute approximate surface area is 141 Å². The van der Waals surface area contributed by atoms with E-state index in [9.17, 15) is 4.79 Å². The highest BCUT2D eigenvalue weighted by Crippen LogP contribution is 2.33. The van der Waals surface area contributed by atoms with Gasteiger partial charge in [-0.2, -0.15) is 0 Å². The Bertz CT molecular complexity index is 751. The van der Waals surface area contributed by atoms with E-state index in [1.807, 2.05) is 37.8 Å². The average Bonchev–Trinajstić information content (AvgIpc) is 3.19. The molecule has 1 amide bonds. The van der Waals surface area contributed by atoms with Crippen molar-refractivity contribution in [3.63, 3.8) is 0 Å². The summed E-state index contributed by atoms with van der Waals surface area (Å²) in [5, 5.41) is 0. The largest absolute Gasteiger partial charge is 0.459 e. The Morgan fingerprint density at radius 3 is 2.25 bits per heavy atom. The van der Waals surface area contributed by atoms with Crippen LogP contribution >= 0.6 is 0 Å². The smallest absolute Gasteiger partial charge is 0.289 e. The fourth-order valence-corrected chi connectivity index (χ4v) is 3.91. The molecule has 0 N–H and O–H groups in total. The van der Waals surface area contributed by atoms with Gasteiger partial charge in [-0.3, -0.25) is 4.79 Å². The number of likely N-dealkylation sites (tertiary alicyclic amines) is 1. The van der Waals surface area contributed by atoms with E-state index in [1.54, 1.807) is 6.26 Å². The zero-order valence-electron chi connectivity index (χ0n) is 14.3. The van der Waals surface area contributed by atoms with Crippen molar-refractivity contribution in [1.29, 1.82) is 0 Å². The lowest BCUT2D eigenvalue weighted by Crippen LogP contribution is -2.34. The summed E-state index contributed by atoms with van der Waals surface area (Å²) in [6.45, 7) is 9.30. The second-order valence-corrected chi connectivity index (χ2v) is 7.02. The number of hydrogen-bond donors (Lipinski definition) is 0. The fraction of sp³-hybridized carbons (Fsp3) is 0.500. The minimum atomic E-state index is 0.0149. The highest BCUT2D eigenvalue weighted by Gasteiger charge is 2.43. The SMILES string of the molecule is Cc1cc(C)nc(N2CC3CN(C(=O)c4occc4C)CC3C2)n1. The van der Waals surface area contributed by atoms with Crippen molar-refractivity contribution in [3.8, 4) is 0 Å². The van der Waals surface area contributed by atoms with Crippen molar-refractivity contribution < 1.29 is 9.21 Å². The fourth-order valence-electron chi connectivity index (χ4n) is 3.91. The maximum absolute atomic E-state index is 12.6. The maximum atomic E-state index is 12.6. The van der Waals surface area contributed by atoms with Gasteiger partial charge in [0.05, 0.1) is 6.26 Å². The molecule has 2 saturated heterocycles. The van der Waals surface area contributed by atoms with Gasteiger partial charge in [-0.05, 0) is 32.9 Å². The van der Waals surface area contributed by atoms with Crippen LogP contribution in [0.4, 0.5) is 5.95 Å². The van der Waals surface area contributed by atoms with Gasteiger partial charge in [0.25, 0.3) is 5.91 Å². The first-order valence-corrected chi connectivity index (χ1v) is 8.42. The molecule has 4 rings (SSSR count). The standard InChI is InChI=1S/C18H22N4O2/c1-11-4-5-24-16(11)17(23)21-7-14-9-22(10-15(14)8-21)18-19-12(2)6-13(3)20-18/h4-6,14-15H,7-10H2,1-3H3. The number of anilines is 1. The van der Waals surface area contributed by atoms with E-state index in [2.05, 4.69) is 14.9 Å². The first-order valence-electron chi connectivity index (χ1n) is 8.42. The number of fused-ring (bicyclic) bond motifs is 1. The first-order chi connectivity index (χ1) is 11.5. The Morgan fingerprint density at radius 1 is 1.08 bits per heavy atom. The van der Waals surface area contributed by atoms with Crippen molar-refractivity contribution in [2.24, 2.45) is 11.8 Å². The molecule has 0 spiro atoms. The molecule has 4 heterocycles. The number of aryl methyl sites for hydroxylation is 3. The lowest BCUT2D eigenvalue weighted by molar-refractivity contribution is 0.0750. The van der Waals surface area contributed by atoms with Gasteiger partial charge in [0.15, 0.2) is 5.76 Å². The van der Waals surface area contributed by atoms with Gasteiger partial charge >= 0.3 is 0 Å². The third kappa shape index (κ3) is 2.56. The van der Waals surface area contributed by atoms with Crippen LogP contribution < -0.4 is 4.90 Å². The Morgan fingerprint density at radius 2 is 1.71 bits per heavy atom. The van der Waals surface area contributed by atoms with Gasteiger partial charge in [0, 0.05) is 55.0 Å².